The summed E-state index contributed by atoms with van der Waals surface area (Å²) in [5.74, 6) is 1.21. The van der Waals surface area contributed by atoms with Crippen LogP contribution >= 0.6 is 12.4 Å². The van der Waals surface area contributed by atoms with Gasteiger partial charge in [-0.2, -0.15) is 4.31 Å². The first-order valence-corrected chi connectivity index (χ1v) is 9.10. The molecule has 0 bridgehead atoms. The van der Waals surface area contributed by atoms with Crippen molar-refractivity contribution in [2.24, 2.45) is 5.92 Å². The summed E-state index contributed by atoms with van der Waals surface area (Å²) < 4.78 is 38.6. The lowest BCUT2D eigenvalue weighted by atomic mass is 10.00. The number of hydrogen-bond acceptors (Lipinski definition) is 5. The number of ether oxygens (including phenoxy) is 2. The van der Waals surface area contributed by atoms with Crippen LogP contribution in [-0.4, -0.2) is 52.6 Å². The monoisotopic (exact) mass is 362 g/mol. The third kappa shape index (κ3) is 3.74. The summed E-state index contributed by atoms with van der Waals surface area (Å²) in [4.78, 5) is 0.217. The predicted octanol–water partition coefficient (Wildman–Crippen LogP) is 1.50. The van der Waals surface area contributed by atoms with Crippen molar-refractivity contribution in [1.82, 2.24) is 9.62 Å². The average molecular weight is 363 g/mol. The molecule has 1 fully saturated rings. The molecule has 1 atom stereocenters. The van der Waals surface area contributed by atoms with Crippen LogP contribution in [0.15, 0.2) is 23.1 Å². The first-order valence-electron chi connectivity index (χ1n) is 7.66. The number of nitrogens with zero attached hydrogens (tertiary/aromatic N) is 1. The molecule has 0 spiro atoms. The Balaban J connectivity index is 0.00000192. The summed E-state index contributed by atoms with van der Waals surface area (Å²) >= 11 is 0. The number of halogens is 1. The van der Waals surface area contributed by atoms with Gasteiger partial charge < -0.3 is 14.8 Å². The van der Waals surface area contributed by atoms with Gasteiger partial charge in [0.2, 0.25) is 10.0 Å². The molecule has 1 saturated heterocycles. The third-order valence-corrected chi connectivity index (χ3v) is 6.01. The second-order valence-corrected chi connectivity index (χ2v) is 7.62. The largest absolute Gasteiger partial charge is 0.486 e. The van der Waals surface area contributed by atoms with E-state index in [1.54, 1.807) is 22.5 Å². The lowest BCUT2D eigenvalue weighted by molar-refractivity contribution is 0.166. The normalized spacial score (nSPS) is 21.5. The third-order valence-electron chi connectivity index (χ3n) is 4.12. The Morgan fingerprint density at radius 2 is 2.09 bits per heavy atom. The van der Waals surface area contributed by atoms with Crippen LogP contribution in [0.5, 0.6) is 11.5 Å². The molecule has 2 heterocycles. The molecule has 0 amide bonds. The van der Waals surface area contributed by atoms with Crippen LogP contribution in [0.1, 0.15) is 12.8 Å². The minimum atomic E-state index is -3.55. The highest BCUT2D eigenvalue weighted by atomic mass is 35.5. The van der Waals surface area contributed by atoms with Crippen LogP contribution < -0.4 is 14.8 Å². The van der Waals surface area contributed by atoms with Crippen molar-refractivity contribution in [3.63, 3.8) is 0 Å². The minimum Gasteiger partial charge on any atom is -0.486 e. The first kappa shape index (κ1) is 18.3. The highest BCUT2D eigenvalue weighted by molar-refractivity contribution is 7.89. The van der Waals surface area contributed by atoms with Crippen molar-refractivity contribution < 1.29 is 17.9 Å². The van der Waals surface area contributed by atoms with Crippen LogP contribution in [0, 0.1) is 5.92 Å². The molecule has 0 aliphatic carbocycles. The zero-order valence-corrected chi connectivity index (χ0v) is 14.8. The topological polar surface area (TPSA) is 67.9 Å². The van der Waals surface area contributed by atoms with E-state index in [1.807, 2.05) is 7.05 Å². The molecular formula is C15H23ClN2O4S. The summed E-state index contributed by atoms with van der Waals surface area (Å²) in [6.45, 7) is 2.77. The van der Waals surface area contributed by atoms with Gasteiger partial charge in [0.05, 0.1) is 0 Å². The Morgan fingerprint density at radius 3 is 2.87 bits per heavy atom. The molecule has 130 valence electrons. The number of fused-ring (bicyclic) bond motifs is 1. The molecule has 6 nitrogen and oxygen atoms in total. The quantitative estimate of drug-likeness (QED) is 0.879. The summed E-state index contributed by atoms with van der Waals surface area (Å²) in [6.07, 6.45) is 1.94. The van der Waals surface area contributed by atoms with Crippen LogP contribution in [0.25, 0.3) is 0 Å². The van der Waals surface area contributed by atoms with Gasteiger partial charge in [-0.3, -0.25) is 0 Å². The highest BCUT2D eigenvalue weighted by Crippen LogP contribution is 2.38. The van der Waals surface area contributed by atoms with Gasteiger partial charge in [0, 0.05) is 13.1 Å². The van der Waals surface area contributed by atoms with Gasteiger partial charge in [-0.05, 0) is 44.5 Å². The maximum atomic E-state index is 13.0. The molecule has 2 aliphatic heterocycles. The SMILES string of the molecule is CNCC1CCCN(S(=O)(=O)c2cccc3c2OCCO3)C1.Cl. The Bertz CT molecular complexity index is 636. The predicted molar refractivity (Wildman–Crippen MR) is 90.1 cm³/mol. The van der Waals surface area contributed by atoms with Gasteiger partial charge in [-0.15, -0.1) is 12.4 Å². The number of hydrogen-bond donors (Lipinski definition) is 1. The van der Waals surface area contributed by atoms with E-state index in [-0.39, 0.29) is 17.3 Å². The van der Waals surface area contributed by atoms with Crippen molar-refractivity contribution in [3.8, 4) is 11.5 Å². The van der Waals surface area contributed by atoms with Crippen molar-refractivity contribution >= 4 is 22.4 Å². The van der Waals surface area contributed by atoms with Gasteiger partial charge in [-0.25, -0.2) is 8.42 Å². The Labute approximate surface area is 143 Å². The molecule has 3 rings (SSSR count). The number of piperidine rings is 1. The second-order valence-electron chi connectivity index (χ2n) is 5.71. The Kier molecular flexibility index (Phi) is 6.13. The molecule has 0 aromatic heterocycles. The van der Waals surface area contributed by atoms with Gasteiger partial charge >= 0.3 is 0 Å². The standard InChI is InChI=1S/C15H22N2O4S.ClH/c1-16-10-12-4-3-7-17(11-12)22(18,19)14-6-2-5-13-15(14)21-9-8-20-13;/h2,5-6,12,16H,3-4,7-11H2,1H3;1H. The zero-order chi connectivity index (χ0) is 15.6. The molecule has 23 heavy (non-hydrogen) atoms. The summed E-state index contributed by atoms with van der Waals surface area (Å²) in [5, 5.41) is 3.13. The second kappa shape index (κ2) is 7.70. The van der Waals surface area contributed by atoms with Crippen molar-refractivity contribution in [2.75, 3.05) is 39.9 Å². The first-order chi connectivity index (χ1) is 10.6. The molecule has 8 heteroatoms. The molecular weight excluding hydrogens is 340 g/mol. The minimum absolute atomic E-state index is 0. The molecule has 1 unspecified atom stereocenters. The van der Waals surface area contributed by atoms with Crippen molar-refractivity contribution in [3.05, 3.63) is 18.2 Å². The number of para-hydroxylation sites is 1. The van der Waals surface area contributed by atoms with Crippen molar-refractivity contribution in [2.45, 2.75) is 17.7 Å². The van der Waals surface area contributed by atoms with Crippen LogP contribution in [0.2, 0.25) is 0 Å². The zero-order valence-electron chi connectivity index (χ0n) is 13.2. The van der Waals surface area contributed by atoms with E-state index in [0.717, 1.165) is 19.4 Å². The maximum Gasteiger partial charge on any atom is 0.246 e. The van der Waals surface area contributed by atoms with Gasteiger partial charge in [0.1, 0.15) is 18.1 Å². The van der Waals surface area contributed by atoms with E-state index >= 15 is 0 Å². The van der Waals surface area contributed by atoms with E-state index in [1.165, 1.54) is 0 Å². The number of benzene rings is 1. The van der Waals surface area contributed by atoms with E-state index in [9.17, 15) is 8.42 Å². The van der Waals surface area contributed by atoms with Gasteiger partial charge in [0.25, 0.3) is 0 Å². The molecule has 1 N–H and O–H groups in total. The van der Waals surface area contributed by atoms with E-state index in [0.29, 0.717) is 43.7 Å². The van der Waals surface area contributed by atoms with Crippen LogP contribution in [0.3, 0.4) is 0 Å². The van der Waals surface area contributed by atoms with Crippen LogP contribution in [0.4, 0.5) is 0 Å². The van der Waals surface area contributed by atoms with E-state index < -0.39 is 10.0 Å². The van der Waals surface area contributed by atoms with Gasteiger partial charge in [-0.1, -0.05) is 6.07 Å². The number of sulfonamides is 1. The number of nitrogens with one attached hydrogen (secondary N) is 1. The molecule has 1 aromatic rings. The summed E-state index contributed by atoms with van der Waals surface area (Å²) in [5.41, 5.74) is 0. The lowest BCUT2D eigenvalue weighted by Gasteiger charge is -2.32. The fourth-order valence-corrected chi connectivity index (χ4v) is 4.79. The number of rotatable bonds is 4. The fourth-order valence-electron chi connectivity index (χ4n) is 3.09. The van der Waals surface area contributed by atoms with E-state index in [2.05, 4.69) is 5.32 Å². The molecule has 1 aromatic carbocycles. The van der Waals surface area contributed by atoms with Crippen LogP contribution in [-0.2, 0) is 10.0 Å². The smallest absolute Gasteiger partial charge is 0.246 e. The molecule has 0 saturated carbocycles. The average Bonchev–Trinajstić information content (AvgIpc) is 2.55. The van der Waals surface area contributed by atoms with Gasteiger partial charge in [0.15, 0.2) is 11.5 Å². The fraction of sp³-hybridized carbons (Fsp3) is 0.600. The molecule has 0 radical (unpaired) electrons. The summed E-state index contributed by atoms with van der Waals surface area (Å²) in [7, 11) is -1.66. The van der Waals surface area contributed by atoms with Crippen molar-refractivity contribution in [1.29, 1.82) is 0 Å². The summed E-state index contributed by atoms with van der Waals surface area (Å²) in [6, 6.07) is 5.05. The Morgan fingerprint density at radius 1 is 1.30 bits per heavy atom. The lowest BCUT2D eigenvalue weighted by Crippen LogP contribution is -2.42. The maximum absolute atomic E-state index is 13.0. The Hall–Kier alpha value is -1.02. The highest BCUT2D eigenvalue weighted by Gasteiger charge is 2.33. The molecule has 2 aliphatic rings. The van der Waals surface area contributed by atoms with E-state index in [4.69, 9.17) is 9.47 Å².